The number of aromatic nitrogens is 3. The number of H-pyrrole nitrogens is 1. The van der Waals surface area contributed by atoms with Crippen LogP contribution in [0, 0.1) is 5.41 Å². The molecule has 1 N–H and O–H groups in total. The predicted octanol–water partition coefficient (Wildman–Crippen LogP) is 2.47. The summed E-state index contributed by atoms with van der Waals surface area (Å²) in [6.45, 7) is 5.44. The summed E-state index contributed by atoms with van der Waals surface area (Å²) < 4.78 is 13.2. The molecule has 2 saturated heterocycles. The maximum absolute atomic E-state index is 12.4. The highest BCUT2D eigenvalue weighted by atomic mass is 16.5. The van der Waals surface area contributed by atoms with Gasteiger partial charge < -0.3 is 18.9 Å². The zero-order chi connectivity index (χ0) is 22.5. The summed E-state index contributed by atoms with van der Waals surface area (Å²) in [7, 11) is 7.35. The lowest BCUT2D eigenvalue weighted by Gasteiger charge is -2.53. The van der Waals surface area contributed by atoms with Crippen molar-refractivity contribution in [3.8, 4) is 22.6 Å². The first-order valence-electron chi connectivity index (χ1n) is 11.1. The SMILES string of the molecule is COc1cc(-c2cn(C)c(=O)c3[nH]ncc23)cc(OC)c1CN1CCC2(CC1)CN(C)C2. The van der Waals surface area contributed by atoms with Crippen molar-refractivity contribution in [3.05, 3.63) is 40.4 Å². The highest BCUT2D eigenvalue weighted by Gasteiger charge is 2.43. The molecule has 2 aromatic heterocycles. The van der Waals surface area contributed by atoms with E-state index >= 15 is 0 Å². The Morgan fingerprint density at radius 3 is 2.34 bits per heavy atom. The number of pyridine rings is 1. The maximum Gasteiger partial charge on any atom is 0.276 e. The Bertz CT molecular complexity index is 1170. The third-order valence-electron chi connectivity index (χ3n) is 7.21. The molecule has 2 aliphatic heterocycles. The molecule has 0 unspecified atom stereocenters. The number of likely N-dealkylation sites (tertiary alicyclic amines) is 2. The molecule has 8 heteroatoms. The van der Waals surface area contributed by atoms with Crippen LogP contribution in [0.1, 0.15) is 18.4 Å². The van der Waals surface area contributed by atoms with E-state index in [-0.39, 0.29) is 5.56 Å². The van der Waals surface area contributed by atoms with Crippen molar-refractivity contribution >= 4 is 10.9 Å². The Labute approximate surface area is 187 Å². The van der Waals surface area contributed by atoms with Crippen molar-refractivity contribution < 1.29 is 9.47 Å². The van der Waals surface area contributed by atoms with Crippen molar-refractivity contribution in [2.24, 2.45) is 12.5 Å². The third-order valence-corrected chi connectivity index (χ3v) is 7.21. The molecule has 0 radical (unpaired) electrons. The Balaban J connectivity index is 1.47. The fourth-order valence-corrected chi connectivity index (χ4v) is 5.50. The lowest BCUT2D eigenvalue weighted by atomic mass is 9.72. The lowest BCUT2D eigenvalue weighted by Crippen LogP contribution is -2.58. The Morgan fingerprint density at radius 1 is 1.09 bits per heavy atom. The number of aromatic amines is 1. The lowest BCUT2D eigenvalue weighted by molar-refractivity contribution is -0.0331. The number of fused-ring (bicyclic) bond motifs is 1. The third kappa shape index (κ3) is 3.47. The standard InChI is InChI=1S/C24H31N5O3/c1-27-14-24(15-27)5-7-29(8-6-24)13-19-20(31-3)9-16(10-21(19)32-4)18-12-28(2)23(30)22-17(18)11-25-26-22/h9-12H,5-8,13-15H2,1-4H3,(H,25,26). The molecule has 4 heterocycles. The zero-order valence-electron chi connectivity index (χ0n) is 19.3. The normalized spacial score (nSPS) is 18.8. The summed E-state index contributed by atoms with van der Waals surface area (Å²) in [4.78, 5) is 17.3. The van der Waals surface area contributed by atoms with E-state index in [1.807, 2.05) is 18.3 Å². The largest absolute Gasteiger partial charge is 0.496 e. The molecule has 0 aliphatic carbocycles. The van der Waals surface area contributed by atoms with E-state index in [2.05, 4.69) is 27.0 Å². The molecule has 0 atom stereocenters. The maximum atomic E-state index is 12.4. The summed E-state index contributed by atoms with van der Waals surface area (Å²) in [5.74, 6) is 1.60. The molecule has 0 amide bonds. The fourth-order valence-electron chi connectivity index (χ4n) is 5.50. The minimum Gasteiger partial charge on any atom is -0.496 e. The van der Waals surface area contributed by atoms with Gasteiger partial charge in [0.25, 0.3) is 5.56 Å². The number of hydrogen-bond acceptors (Lipinski definition) is 6. The molecule has 5 rings (SSSR count). The number of nitrogens with zero attached hydrogens (tertiary/aromatic N) is 4. The molecular formula is C24H31N5O3. The van der Waals surface area contributed by atoms with Gasteiger partial charge in [0.15, 0.2) is 0 Å². The van der Waals surface area contributed by atoms with Gasteiger partial charge in [-0.25, -0.2) is 0 Å². The minimum atomic E-state index is -0.0997. The number of aryl methyl sites for hydroxylation is 1. The molecular weight excluding hydrogens is 406 g/mol. The Hall–Kier alpha value is -2.84. The minimum absolute atomic E-state index is 0.0997. The molecule has 170 valence electrons. The number of rotatable bonds is 5. The molecule has 1 spiro atoms. The molecule has 0 bridgehead atoms. The van der Waals surface area contributed by atoms with Gasteiger partial charge in [0, 0.05) is 43.8 Å². The fraction of sp³-hybridized carbons (Fsp3) is 0.500. The highest BCUT2D eigenvalue weighted by molar-refractivity contribution is 5.94. The Kier molecular flexibility index (Phi) is 5.22. The zero-order valence-corrected chi connectivity index (χ0v) is 19.3. The average Bonchev–Trinajstić information content (AvgIpc) is 3.27. The second-order valence-electron chi connectivity index (χ2n) is 9.43. The van der Waals surface area contributed by atoms with Crippen LogP contribution >= 0.6 is 0 Å². The first-order chi connectivity index (χ1) is 15.4. The molecule has 0 saturated carbocycles. The molecule has 1 aromatic carbocycles. The Morgan fingerprint density at radius 2 is 1.75 bits per heavy atom. The molecule has 2 fully saturated rings. The predicted molar refractivity (Wildman–Crippen MR) is 124 cm³/mol. The number of piperidine rings is 1. The van der Waals surface area contributed by atoms with Crippen LogP contribution in [0.15, 0.2) is 29.3 Å². The van der Waals surface area contributed by atoms with Gasteiger partial charge in [-0.05, 0) is 56.1 Å². The number of ether oxygens (including phenoxy) is 2. The number of nitrogens with one attached hydrogen (secondary N) is 1. The summed E-state index contributed by atoms with van der Waals surface area (Å²) in [5, 5.41) is 7.70. The topological polar surface area (TPSA) is 75.6 Å². The summed E-state index contributed by atoms with van der Waals surface area (Å²) in [5.41, 5.74) is 3.83. The van der Waals surface area contributed by atoms with Crippen LogP contribution in [0.3, 0.4) is 0 Å². The van der Waals surface area contributed by atoms with Gasteiger partial charge in [-0.3, -0.25) is 14.8 Å². The van der Waals surface area contributed by atoms with E-state index in [0.717, 1.165) is 53.2 Å². The van der Waals surface area contributed by atoms with Crippen LogP contribution in [0.2, 0.25) is 0 Å². The molecule has 2 aliphatic rings. The summed E-state index contributed by atoms with van der Waals surface area (Å²) >= 11 is 0. The second kappa shape index (κ2) is 7.94. The highest BCUT2D eigenvalue weighted by Crippen LogP contribution is 2.42. The monoisotopic (exact) mass is 437 g/mol. The van der Waals surface area contributed by atoms with Crippen molar-refractivity contribution in [1.82, 2.24) is 24.6 Å². The second-order valence-corrected chi connectivity index (χ2v) is 9.43. The van der Waals surface area contributed by atoms with Gasteiger partial charge in [-0.1, -0.05) is 0 Å². The van der Waals surface area contributed by atoms with Gasteiger partial charge in [0.05, 0.1) is 26.0 Å². The quantitative estimate of drug-likeness (QED) is 0.661. The van der Waals surface area contributed by atoms with Crippen molar-refractivity contribution in [2.75, 3.05) is 47.4 Å². The van der Waals surface area contributed by atoms with Crippen molar-refractivity contribution in [3.63, 3.8) is 0 Å². The summed E-state index contributed by atoms with van der Waals surface area (Å²) in [6.07, 6.45) is 6.03. The van der Waals surface area contributed by atoms with E-state index in [0.29, 0.717) is 10.9 Å². The first kappa shape index (κ1) is 21.0. The van der Waals surface area contributed by atoms with Crippen molar-refractivity contribution in [1.29, 1.82) is 0 Å². The molecule has 8 nitrogen and oxygen atoms in total. The van der Waals surface area contributed by atoms with E-state index < -0.39 is 0 Å². The molecule has 32 heavy (non-hydrogen) atoms. The number of methoxy groups -OCH3 is 2. The first-order valence-corrected chi connectivity index (χ1v) is 11.1. The van der Waals surface area contributed by atoms with Crippen LogP contribution in [-0.4, -0.2) is 72.0 Å². The van der Waals surface area contributed by atoms with E-state index in [4.69, 9.17) is 9.47 Å². The van der Waals surface area contributed by atoms with Gasteiger partial charge in [0.2, 0.25) is 0 Å². The van der Waals surface area contributed by atoms with E-state index in [1.54, 1.807) is 32.0 Å². The van der Waals surface area contributed by atoms with Crippen molar-refractivity contribution in [2.45, 2.75) is 19.4 Å². The van der Waals surface area contributed by atoms with E-state index in [1.165, 1.54) is 25.9 Å². The average molecular weight is 438 g/mol. The van der Waals surface area contributed by atoms with Gasteiger partial charge >= 0.3 is 0 Å². The van der Waals surface area contributed by atoms with Crippen LogP contribution in [0.5, 0.6) is 11.5 Å². The van der Waals surface area contributed by atoms with Crippen LogP contribution in [0.25, 0.3) is 22.0 Å². The van der Waals surface area contributed by atoms with Crippen LogP contribution in [-0.2, 0) is 13.6 Å². The molecule has 3 aromatic rings. The van der Waals surface area contributed by atoms with Gasteiger partial charge in [-0.15, -0.1) is 0 Å². The van der Waals surface area contributed by atoms with Crippen LogP contribution in [0.4, 0.5) is 0 Å². The number of hydrogen-bond donors (Lipinski definition) is 1. The van der Waals surface area contributed by atoms with Gasteiger partial charge in [-0.2, -0.15) is 5.10 Å². The van der Waals surface area contributed by atoms with Crippen LogP contribution < -0.4 is 15.0 Å². The number of benzene rings is 1. The van der Waals surface area contributed by atoms with E-state index in [9.17, 15) is 4.79 Å². The van der Waals surface area contributed by atoms with Gasteiger partial charge in [0.1, 0.15) is 17.0 Å². The smallest absolute Gasteiger partial charge is 0.276 e. The summed E-state index contributed by atoms with van der Waals surface area (Å²) in [6, 6.07) is 4.08.